The average Bonchev–Trinajstić information content (AvgIpc) is 2.37. The van der Waals surface area contributed by atoms with Crippen molar-refractivity contribution in [3.05, 3.63) is 17.7 Å². The van der Waals surface area contributed by atoms with Gasteiger partial charge in [-0.15, -0.1) is 0 Å². The molecule has 0 saturated carbocycles. The normalized spacial score (nSPS) is 11.5. The lowest BCUT2D eigenvalue weighted by atomic mass is 10.2. The minimum atomic E-state index is -1.04. The number of amides is 1. The monoisotopic (exact) mass is 292 g/mol. The minimum Gasteiger partial charge on any atom is -1.00 e. The largest absolute Gasteiger partial charge is 1.00 e. The van der Waals surface area contributed by atoms with E-state index in [1.54, 1.807) is 0 Å². The van der Waals surface area contributed by atoms with Crippen molar-refractivity contribution in [3.63, 3.8) is 0 Å². The maximum absolute atomic E-state index is 11.2. The van der Waals surface area contributed by atoms with Crippen LogP contribution in [-0.2, 0) is 11.3 Å². The maximum atomic E-state index is 11.2. The first-order valence-corrected chi connectivity index (χ1v) is 5.09. The smallest absolute Gasteiger partial charge is 0.253 e. The van der Waals surface area contributed by atoms with E-state index >= 15 is 0 Å². The van der Waals surface area contributed by atoms with Crippen LogP contribution in [0, 0.1) is 0 Å². The van der Waals surface area contributed by atoms with Crippen molar-refractivity contribution in [3.8, 4) is 17.2 Å². The number of rotatable bonds is 5. The summed E-state index contributed by atoms with van der Waals surface area (Å²) in [6, 6.07) is 1.53. The van der Waals surface area contributed by atoms with Crippen molar-refractivity contribution in [1.82, 2.24) is 10.9 Å². The van der Waals surface area contributed by atoms with Gasteiger partial charge in [-0.3, -0.25) is 10.2 Å². The molecule has 19 heavy (non-hydrogen) atoms. The third kappa shape index (κ3) is 4.45. The van der Waals surface area contributed by atoms with Crippen LogP contribution < -0.4 is 29.0 Å². The van der Waals surface area contributed by atoms with Crippen molar-refractivity contribution in [2.45, 2.75) is 12.6 Å². The second-order valence-corrected chi connectivity index (χ2v) is 3.57. The third-order valence-electron chi connectivity index (χ3n) is 2.24. The number of carbonyl (C=O) groups is 1. The highest BCUT2D eigenvalue weighted by atomic mass is 35.5. The van der Waals surface area contributed by atoms with E-state index < -0.39 is 35.8 Å². The number of nitrogens with one attached hydrogen (secondary N) is 2. The molecule has 0 heterocycles. The summed E-state index contributed by atoms with van der Waals surface area (Å²) in [6.45, 7) is -0.484. The van der Waals surface area contributed by atoms with Crippen LogP contribution in [0.25, 0.3) is 0 Å². The molecule has 0 radical (unpaired) electrons. The van der Waals surface area contributed by atoms with Gasteiger partial charge in [0.1, 0.15) is 6.04 Å². The topological polar surface area (TPSA) is 148 Å². The van der Waals surface area contributed by atoms with E-state index in [9.17, 15) is 15.0 Å². The highest BCUT2D eigenvalue weighted by molar-refractivity contribution is 5.81. The molecule has 0 spiro atoms. The van der Waals surface area contributed by atoms with Gasteiger partial charge >= 0.3 is 0 Å². The summed E-state index contributed by atoms with van der Waals surface area (Å²) in [5, 5.41) is 36.4. The van der Waals surface area contributed by atoms with Gasteiger partial charge in [-0.25, -0.2) is 5.43 Å². The van der Waals surface area contributed by atoms with Crippen molar-refractivity contribution >= 4 is 5.91 Å². The van der Waals surface area contributed by atoms with Gasteiger partial charge in [0.15, 0.2) is 11.5 Å². The lowest BCUT2D eigenvalue weighted by Crippen LogP contribution is -3.00. The number of hydrogen-bond donors (Lipinski definition) is 7. The van der Waals surface area contributed by atoms with Crippen LogP contribution in [0.3, 0.4) is 0 Å². The molecule has 0 aromatic heterocycles. The molecule has 1 atom stereocenters. The van der Waals surface area contributed by atoms with E-state index in [4.69, 9.17) is 15.9 Å². The number of hydrogen-bond acceptors (Lipinski definition) is 7. The Bertz CT molecular complexity index is 443. The number of aliphatic hydroxyl groups excluding tert-OH is 1. The van der Waals surface area contributed by atoms with E-state index in [1.807, 2.05) is 0 Å². The molecule has 108 valence electrons. The van der Waals surface area contributed by atoms with Crippen LogP contribution >= 0.6 is 0 Å². The molecule has 0 bridgehead atoms. The number of aliphatic hydroxyl groups is 1. The Balaban J connectivity index is 0.00000324. The van der Waals surface area contributed by atoms with Crippen molar-refractivity contribution < 1.29 is 37.6 Å². The summed E-state index contributed by atoms with van der Waals surface area (Å²) in [7, 11) is 0. The van der Waals surface area contributed by atoms with Crippen molar-refractivity contribution in [1.29, 1.82) is 0 Å². The fourth-order valence-electron chi connectivity index (χ4n) is 1.16. The molecule has 0 fully saturated rings. The van der Waals surface area contributed by atoms with Gasteiger partial charge in [-0.05, 0) is 6.07 Å². The molecule has 0 saturated heterocycles. The molecule has 8 nitrogen and oxygen atoms in total. The maximum Gasteiger partial charge on any atom is 0.253 e. The number of benzene rings is 1. The first kappa shape index (κ1) is 17.3. The number of phenols is 3. The summed E-state index contributed by atoms with van der Waals surface area (Å²) in [5.41, 5.74) is 10.2. The van der Waals surface area contributed by atoms with Gasteiger partial charge in [-0.2, -0.15) is 0 Å². The SMILES string of the molecule is NC(CO)C(=O)NNCc1ccc(O)c(O)c1O.[Cl-]. The number of phenolic OH excluding ortho intramolecular Hbond substituents is 3. The molecule has 0 aliphatic rings. The average molecular weight is 293 g/mol. The molecule has 9 heteroatoms. The number of halogens is 1. The second-order valence-electron chi connectivity index (χ2n) is 3.57. The molecule has 8 N–H and O–H groups in total. The third-order valence-corrected chi connectivity index (χ3v) is 2.24. The lowest BCUT2D eigenvalue weighted by Gasteiger charge is -2.12. The lowest BCUT2D eigenvalue weighted by molar-refractivity contribution is -0.124. The molecular formula is C10H15ClN3O5-. The summed E-state index contributed by atoms with van der Waals surface area (Å²) in [4.78, 5) is 11.2. The number of aromatic hydroxyl groups is 3. The number of carbonyl (C=O) groups excluding carboxylic acids is 1. The first-order valence-electron chi connectivity index (χ1n) is 5.09. The summed E-state index contributed by atoms with van der Waals surface area (Å²) in [6.07, 6.45) is 0. The van der Waals surface area contributed by atoms with Crippen LogP contribution in [0.2, 0.25) is 0 Å². The summed E-state index contributed by atoms with van der Waals surface area (Å²) < 4.78 is 0. The van der Waals surface area contributed by atoms with Gasteiger partial charge in [-0.1, -0.05) is 6.07 Å². The zero-order valence-electron chi connectivity index (χ0n) is 9.80. The fourth-order valence-corrected chi connectivity index (χ4v) is 1.16. The summed E-state index contributed by atoms with van der Waals surface area (Å²) in [5.74, 6) is -2.17. The van der Waals surface area contributed by atoms with Gasteiger partial charge < -0.3 is 38.6 Å². The van der Waals surface area contributed by atoms with Crippen LogP contribution in [0.15, 0.2) is 12.1 Å². The van der Waals surface area contributed by atoms with Gasteiger partial charge in [0, 0.05) is 12.1 Å². The van der Waals surface area contributed by atoms with Gasteiger partial charge in [0.2, 0.25) is 5.75 Å². The fraction of sp³-hybridized carbons (Fsp3) is 0.300. The Morgan fingerprint density at radius 1 is 1.26 bits per heavy atom. The Kier molecular flexibility index (Phi) is 6.94. The minimum absolute atomic E-state index is 0. The number of nitrogens with two attached hydrogens (primary N) is 1. The van der Waals surface area contributed by atoms with E-state index in [-0.39, 0.29) is 24.5 Å². The molecule has 1 unspecified atom stereocenters. The van der Waals surface area contributed by atoms with Crippen molar-refractivity contribution in [2.24, 2.45) is 5.73 Å². The van der Waals surface area contributed by atoms with Crippen LogP contribution in [0.4, 0.5) is 0 Å². The van der Waals surface area contributed by atoms with Crippen molar-refractivity contribution in [2.75, 3.05) is 6.61 Å². The van der Waals surface area contributed by atoms with Crippen LogP contribution in [0.5, 0.6) is 17.2 Å². The van der Waals surface area contributed by atoms with Gasteiger partial charge in [0.25, 0.3) is 5.91 Å². The van der Waals surface area contributed by atoms with E-state index in [0.717, 1.165) is 0 Å². The van der Waals surface area contributed by atoms with Gasteiger partial charge in [0.05, 0.1) is 6.61 Å². The molecule has 0 aliphatic carbocycles. The predicted molar refractivity (Wildman–Crippen MR) is 61.5 cm³/mol. The number of hydrazine groups is 1. The Labute approximate surface area is 115 Å². The Morgan fingerprint density at radius 2 is 1.89 bits per heavy atom. The van der Waals surface area contributed by atoms with E-state index in [0.29, 0.717) is 0 Å². The second kappa shape index (κ2) is 7.64. The molecule has 1 aromatic rings. The standard InChI is InChI=1S/C10H15N3O5.ClH/c11-6(4-14)10(18)13-12-3-5-1-2-7(15)9(17)8(5)16;/h1-2,6,12,14-17H,3-4,11H2,(H,13,18);1H/p-1. The molecule has 0 aliphatic heterocycles. The van der Waals surface area contributed by atoms with Crippen LogP contribution in [-0.4, -0.2) is 39.0 Å². The Morgan fingerprint density at radius 3 is 2.47 bits per heavy atom. The van der Waals surface area contributed by atoms with E-state index in [1.165, 1.54) is 12.1 Å². The molecule has 1 rings (SSSR count). The highest BCUT2D eigenvalue weighted by Crippen LogP contribution is 2.36. The zero-order valence-corrected chi connectivity index (χ0v) is 10.6. The van der Waals surface area contributed by atoms with E-state index in [2.05, 4.69) is 10.9 Å². The Hall–Kier alpha value is -1.74. The zero-order chi connectivity index (χ0) is 13.7. The summed E-state index contributed by atoms with van der Waals surface area (Å²) >= 11 is 0. The predicted octanol–water partition coefficient (Wildman–Crippen LogP) is -4.75. The molecule has 1 amide bonds. The molecule has 1 aromatic carbocycles. The first-order chi connectivity index (χ1) is 8.47. The highest BCUT2D eigenvalue weighted by Gasteiger charge is 2.13. The molecular weight excluding hydrogens is 278 g/mol. The van der Waals surface area contributed by atoms with Crippen LogP contribution in [0.1, 0.15) is 5.56 Å². The quantitative estimate of drug-likeness (QED) is 0.213.